The average Bonchev–Trinajstić information content (AvgIpc) is 2.63. The van der Waals surface area contributed by atoms with Crippen molar-refractivity contribution in [3.05, 3.63) is 75.4 Å². The minimum atomic E-state index is -0.418. The van der Waals surface area contributed by atoms with E-state index in [1.165, 1.54) is 18.2 Å². The quantitative estimate of drug-likeness (QED) is 0.677. The van der Waals surface area contributed by atoms with Gasteiger partial charge in [0.15, 0.2) is 6.61 Å². The molecule has 6 heteroatoms. The van der Waals surface area contributed by atoms with Crippen LogP contribution >= 0.6 is 0 Å². The largest absolute Gasteiger partial charge is 0.483 e. The molecule has 1 aromatic heterocycles. The summed E-state index contributed by atoms with van der Waals surface area (Å²) >= 11 is 0. The Hall–Kier alpha value is -3.15. The molecule has 27 heavy (non-hydrogen) atoms. The smallest absolute Gasteiger partial charge is 0.336 e. The standard InChI is InChI=1S/C21H20FNO4/c1-13-11-20(25)27-21-14(2)18(8-7-17(13)21)26-12-19(24)23-10-9-15-3-5-16(22)6-4-15/h3-8,11H,9-10,12H2,1-2H3,(H,23,24). The van der Waals surface area contributed by atoms with E-state index in [1.54, 1.807) is 25.1 Å². The first kappa shape index (κ1) is 18.6. The summed E-state index contributed by atoms with van der Waals surface area (Å²) in [5.41, 5.74) is 2.49. The van der Waals surface area contributed by atoms with Gasteiger partial charge in [0.1, 0.15) is 17.1 Å². The number of rotatable bonds is 6. The number of hydrogen-bond acceptors (Lipinski definition) is 4. The minimum Gasteiger partial charge on any atom is -0.483 e. The van der Waals surface area contributed by atoms with Gasteiger partial charge in [-0.25, -0.2) is 9.18 Å². The van der Waals surface area contributed by atoms with E-state index in [0.717, 1.165) is 16.5 Å². The normalized spacial score (nSPS) is 10.8. The van der Waals surface area contributed by atoms with Crippen LogP contribution in [-0.2, 0) is 11.2 Å². The molecular formula is C21H20FNO4. The van der Waals surface area contributed by atoms with Gasteiger partial charge < -0.3 is 14.5 Å². The average molecular weight is 369 g/mol. The molecule has 0 saturated heterocycles. The molecule has 1 heterocycles. The lowest BCUT2D eigenvalue weighted by Crippen LogP contribution is -2.30. The molecule has 0 radical (unpaired) electrons. The second-order valence-electron chi connectivity index (χ2n) is 6.33. The molecule has 2 aromatic carbocycles. The molecular weight excluding hydrogens is 349 g/mol. The van der Waals surface area contributed by atoms with Crippen molar-refractivity contribution in [1.29, 1.82) is 0 Å². The van der Waals surface area contributed by atoms with E-state index in [1.807, 2.05) is 13.0 Å². The van der Waals surface area contributed by atoms with E-state index in [4.69, 9.17) is 9.15 Å². The fourth-order valence-electron chi connectivity index (χ4n) is 2.85. The van der Waals surface area contributed by atoms with Gasteiger partial charge in [-0.05, 0) is 55.7 Å². The van der Waals surface area contributed by atoms with Crippen molar-refractivity contribution in [3.63, 3.8) is 0 Å². The summed E-state index contributed by atoms with van der Waals surface area (Å²) in [6, 6.07) is 11.2. The number of amides is 1. The second kappa shape index (κ2) is 8.03. The van der Waals surface area contributed by atoms with Crippen LogP contribution in [0.1, 0.15) is 16.7 Å². The maximum absolute atomic E-state index is 12.9. The fourth-order valence-corrected chi connectivity index (χ4v) is 2.85. The maximum atomic E-state index is 12.9. The third-order valence-electron chi connectivity index (χ3n) is 4.33. The number of nitrogens with one attached hydrogen (secondary N) is 1. The van der Waals surface area contributed by atoms with Gasteiger partial charge in [-0.1, -0.05) is 12.1 Å². The molecule has 1 N–H and O–H groups in total. The molecule has 3 rings (SSSR count). The highest BCUT2D eigenvalue weighted by atomic mass is 19.1. The van der Waals surface area contributed by atoms with Crippen LogP contribution in [0.15, 0.2) is 51.7 Å². The number of halogens is 1. The summed E-state index contributed by atoms with van der Waals surface area (Å²) < 4.78 is 23.7. The van der Waals surface area contributed by atoms with E-state index >= 15 is 0 Å². The Labute approximate surface area is 155 Å². The Morgan fingerprint density at radius 3 is 2.63 bits per heavy atom. The topological polar surface area (TPSA) is 68.5 Å². The minimum absolute atomic E-state index is 0.147. The van der Waals surface area contributed by atoms with Gasteiger partial charge in [-0.15, -0.1) is 0 Å². The summed E-state index contributed by atoms with van der Waals surface area (Å²) in [6.07, 6.45) is 0.603. The molecule has 140 valence electrons. The highest BCUT2D eigenvalue weighted by Gasteiger charge is 2.11. The monoisotopic (exact) mass is 369 g/mol. The van der Waals surface area contributed by atoms with Crippen molar-refractivity contribution in [3.8, 4) is 5.75 Å². The lowest BCUT2D eigenvalue weighted by molar-refractivity contribution is -0.123. The van der Waals surface area contributed by atoms with Crippen LogP contribution in [0.5, 0.6) is 5.75 Å². The summed E-state index contributed by atoms with van der Waals surface area (Å²) in [7, 11) is 0. The van der Waals surface area contributed by atoms with Crippen LogP contribution < -0.4 is 15.7 Å². The van der Waals surface area contributed by atoms with Crippen LogP contribution in [0.25, 0.3) is 11.0 Å². The summed E-state index contributed by atoms with van der Waals surface area (Å²) in [5, 5.41) is 3.60. The van der Waals surface area contributed by atoms with Crippen LogP contribution in [0, 0.1) is 19.7 Å². The molecule has 3 aromatic rings. The van der Waals surface area contributed by atoms with E-state index in [-0.39, 0.29) is 18.3 Å². The number of benzene rings is 2. The lowest BCUT2D eigenvalue weighted by atomic mass is 10.1. The van der Waals surface area contributed by atoms with Crippen LogP contribution in [0.2, 0.25) is 0 Å². The van der Waals surface area contributed by atoms with Gasteiger partial charge in [0.25, 0.3) is 5.91 Å². The Morgan fingerprint density at radius 2 is 1.89 bits per heavy atom. The van der Waals surface area contributed by atoms with Crippen molar-refractivity contribution in [2.24, 2.45) is 0 Å². The van der Waals surface area contributed by atoms with Crippen molar-refractivity contribution in [2.45, 2.75) is 20.3 Å². The zero-order valence-corrected chi connectivity index (χ0v) is 15.2. The first-order valence-electron chi connectivity index (χ1n) is 8.62. The van der Waals surface area contributed by atoms with Crippen LogP contribution in [0.4, 0.5) is 4.39 Å². The van der Waals surface area contributed by atoms with Gasteiger partial charge in [0.2, 0.25) is 0 Å². The molecule has 0 spiro atoms. The van der Waals surface area contributed by atoms with E-state index in [9.17, 15) is 14.0 Å². The molecule has 0 aliphatic rings. The van der Waals surface area contributed by atoms with Gasteiger partial charge >= 0.3 is 5.63 Å². The molecule has 0 aliphatic carbocycles. The first-order chi connectivity index (χ1) is 12.9. The second-order valence-corrected chi connectivity index (χ2v) is 6.33. The van der Waals surface area contributed by atoms with Gasteiger partial charge in [0, 0.05) is 23.6 Å². The van der Waals surface area contributed by atoms with Crippen molar-refractivity contribution < 1.29 is 18.3 Å². The molecule has 0 fully saturated rings. The molecule has 0 unspecified atom stereocenters. The number of fused-ring (bicyclic) bond motifs is 1. The lowest BCUT2D eigenvalue weighted by Gasteiger charge is -2.11. The van der Waals surface area contributed by atoms with Crippen molar-refractivity contribution >= 4 is 16.9 Å². The highest BCUT2D eigenvalue weighted by Crippen LogP contribution is 2.28. The zero-order valence-electron chi connectivity index (χ0n) is 15.2. The van der Waals surface area contributed by atoms with E-state index in [2.05, 4.69) is 5.32 Å². The number of hydrogen-bond donors (Lipinski definition) is 1. The number of carbonyl (C=O) groups excluding carboxylic acids is 1. The van der Waals surface area contributed by atoms with Crippen LogP contribution in [0.3, 0.4) is 0 Å². The van der Waals surface area contributed by atoms with Gasteiger partial charge in [0.05, 0.1) is 0 Å². The number of ether oxygens (including phenoxy) is 1. The van der Waals surface area contributed by atoms with Crippen molar-refractivity contribution in [2.75, 3.05) is 13.2 Å². The van der Waals surface area contributed by atoms with Crippen molar-refractivity contribution in [1.82, 2.24) is 5.32 Å². The Bertz CT molecular complexity index is 1020. The van der Waals surface area contributed by atoms with Crippen LogP contribution in [-0.4, -0.2) is 19.1 Å². The molecule has 0 bridgehead atoms. The number of aryl methyl sites for hydroxylation is 2. The third kappa shape index (κ3) is 4.53. The van der Waals surface area contributed by atoms with Gasteiger partial charge in [-0.3, -0.25) is 4.79 Å². The molecule has 0 aliphatic heterocycles. The maximum Gasteiger partial charge on any atom is 0.336 e. The molecule has 0 saturated carbocycles. The molecule has 0 atom stereocenters. The zero-order chi connectivity index (χ0) is 19.4. The molecule has 5 nitrogen and oxygen atoms in total. The van der Waals surface area contributed by atoms with E-state index < -0.39 is 5.63 Å². The predicted octanol–water partition coefficient (Wildman–Crippen LogP) is 3.29. The van der Waals surface area contributed by atoms with E-state index in [0.29, 0.717) is 29.9 Å². The first-order valence-corrected chi connectivity index (χ1v) is 8.62. The number of carbonyl (C=O) groups is 1. The summed E-state index contributed by atoms with van der Waals surface area (Å²) in [4.78, 5) is 23.6. The predicted molar refractivity (Wildman–Crippen MR) is 101 cm³/mol. The fraction of sp³-hybridized carbons (Fsp3) is 0.238. The SMILES string of the molecule is Cc1cc(=O)oc2c(C)c(OCC(=O)NCCc3ccc(F)cc3)ccc12. The highest BCUT2D eigenvalue weighted by molar-refractivity contribution is 5.85. The Kier molecular flexibility index (Phi) is 5.54. The summed E-state index contributed by atoms with van der Waals surface area (Å²) in [5.74, 6) is -0.0554. The Balaban J connectivity index is 1.57. The summed E-state index contributed by atoms with van der Waals surface area (Å²) in [6.45, 7) is 3.91. The Morgan fingerprint density at radius 1 is 1.15 bits per heavy atom. The molecule has 1 amide bonds. The third-order valence-corrected chi connectivity index (χ3v) is 4.33. The van der Waals surface area contributed by atoms with Gasteiger partial charge in [-0.2, -0.15) is 0 Å².